The van der Waals surface area contributed by atoms with Crippen LogP contribution in [0, 0.1) is 0 Å². The van der Waals surface area contributed by atoms with Crippen molar-refractivity contribution >= 4 is 17.5 Å². The van der Waals surface area contributed by atoms with Gasteiger partial charge in [-0.25, -0.2) is 0 Å². The lowest BCUT2D eigenvalue weighted by Gasteiger charge is -2.35. The predicted octanol–water partition coefficient (Wildman–Crippen LogP) is 5.77. The Morgan fingerprint density at radius 3 is 1.80 bits per heavy atom. The number of hydrogen-bond acceptors (Lipinski definition) is 2. The van der Waals surface area contributed by atoms with Gasteiger partial charge in [-0.1, -0.05) is 90.8 Å². The highest BCUT2D eigenvalue weighted by Gasteiger charge is 2.30. The molecule has 4 rings (SSSR count). The molecule has 1 atom stereocenters. The zero-order valence-corrected chi connectivity index (χ0v) is 17.8. The van der Waals surface area contributed by atoms with E-state index >= 15 is 0 Å². The summed E-state index contributed by atoms with van der Waals surface area (Å²) in [5.41, 5.74) is 3.13. The van der Waals surface area contributed by atoms with Crippen LogP contribution in [-0.4, -0.2) is 23.9 Å². The number of likely N-dealkylation sites (tertiary alicyclic amines) is 1. The van der Waals surface area contributed by atoms with Crippen LogP contribution < -0.4 is 5.32 Å². The summed E-state index contributed by atoms with van der Waals surface area (Å²) in [5, 5.41) is 4.03. The van der Waals surface area contributed by atoms with Crippen LogP contribution in [0.5, 0.6) is 0 Å². The zero-order valence-electron chi connectivity index (χ0n) is 17.0. The van der Waals surface area contributed by atoms with Gasteiger partial charge in [0.1, 0.15) is 6.04 Å². The first kappa shape index (κ1) is 20.6. The maximum absolute atomic E-state index is 13.7. The number of carbonyl (C=O) groups is 1. The van der Waals surface area contributed by atoms with Gasteiger partial charge in [0.25, 0.3) is 0 Å². The fourth-order valence-electron chi connectivity index (χ4n) is 4.22. The highest BCUT2D eigenvalue weighted by molar-refractivity contribution is 6.30. The molecule has 4 heteroatoms. The smallest absolute Gasteiger partial charge is 0.242 e. The monoisotopic (exact) mass is 418 g/mol. The van der Waals surface area contributed by atoms with Crippen LogP contribution in [0.1, 0.15) is 48.0 Å². The molecule has 0 radical (unpaired) electrons. The van der Waals surface area contributed by atoms with Crippen molar-refractivity contribution in [3.8, 4) is 0 Å². The summed E-state index contributed by atoms with van der Waals surface area (Å²) < 4.78 is 0. The molecule has 3 nitrogen and oxygen atoms in total. The standard InChI is InChI=1S/C26H27ClN2O/c27-23-16-14-22(15-17-23)25(29-18-8-3-9-19-29)26(30)28-24(20-10-4-1-5-11-20)21-12-6-2-7-13-21/h1-2,4-7,10-17,24-25H,3,8-9,18-19H2,(H,28,30). The van der Waals surface area contributed by atoms with E-state index in [0.717, 1.165) is 42.6 Å². The van der Waals surface area contributed by atoms with E-state index < -0.39 is 0 Å². The third-order valence-corrected chi connectivity index (χ3v) is 5.99. The van der Waals surface area contributed by atoms with E-state index in [1.54, 1.807) is 0 Å². The van der Waals surface area contributed by atoms with Crippen molar-refractivity contribution in [3.63, 3.8) is 0 Å². The van der Waals surface area contributed by atoms with Crippen LogP contribution in [0.3, 0.4) is 0 Å². The molecule has 0 bridgehead atoms. The Hall–Kier alpha value is -2.62. The molecule has 1 aliphatic rings. The number of piperidine rings is 1. The topological polar surface area (TPSA) is 32.3 Å². The fourth-order valence-corrected chi connectivity index (χ4v) is 4.35. The maximum Gasteiger partial charge on any atom is 0.242 e. The van der Waals surface area contributed by atoms with E-state index in [0.29, 0.717) is 5.02 Å². The number of amides is 1. The van der Waals surface area contributed by atoms with Crippen LogP contribution >= 0.6 is 11.6 Å². The number of hydrogen-bond donors (Lipinski definition) is 1. The molecule has 1 unspecified atom stereocenters. The van der Waals surface area contributed by atoms with Crippen LogP contribution in [0.15, 0.2) is 84.9 Å². The van der Waals surface area contributed by atoms with Gasteiger partial charge in [0, 0.05) is 5.02 Å². The van der Waals surface area contributed by atoms with Crippen molar-refractivity contribution in [2.45, 2.75) is 31.3 Å². The number of rotatable bonds is 6. The first-order chi connectivity index (χ1) is 14.7. The summed E-state index contributed by atoms with van der Waals surface area (Å²) in [5.74, 6) is 0.0249. The predicted molar refractivity (Wildman–Crippen MR) is 122 cm³/mol. The van der Waals surface area contributed by atoms with Gasteiger partial charge in [0.15, 0.2) is 0 Å². The van der Waals surface area contributed by atoms with E-state index in [2.05, 4.69) is 34.5 Å². The minimum Gasteiger partial charge on any atom is -0.344 e. The Morgan fingerprint density at radius 1 is 0.733 bits per heavy atom. The van der Waals surface area contributed by atoms with Gasteiger partial charge in [0.2, 0.25) is 5.91 Å². The molecule has 0 saturated carbocycles. The largest absolute Gasteiger partial charge is 0.344 e. The molecule has 1 saturated heterocycles. The van der Waals surface area contributed by atoms with Gasteiger partial charge in [-0.2, -0.15) is 0 Å². The van der Waals surface area contributed by atoms with E-state index in [9.17, 15) is 4.79 Å². The van der Waals surface area contributed by atoms with Gasteiger partial charge < -0.3 is 5.32 Å². The lowest BCUT2D eigenvalue weighted by molar-refractivity contribution is -0.127. The fraction of sp³-hybridized carbons (Fsp3) is 0.269. The molecule has 1 aliphatic heterocycles. The lowest BCUT2D eigenvalue weighted by atomic mass is 9.96. The molecule has 1 heterocycles. The quantitative estimate of drug-likeness (QED) is 0.550. The Labute approximate surface area is 183 Å². The highest BCUT2D eigenvalue weighted by Crippen LogP contribution is 2.29. The van der Waals surface area contributed by atoms with Crippen molar-refractivity contribution in [1.29, 1.82) is 0 Å². The summed E-state index contributed by atoms with van der Waals surface area (Å²) in [6, 6.07) is 27.5. The van der Waals surface area contributed by atoms with Crippen molar-refractivity contribution in [2.75, 3.05) is 13.1 Å². The molecule has 1 N–H and O–H groups in total. The minimum absolute atomic E-state index is 0.0249. The van der Waals surface area contributed by atoms with Gasteiger partial charge in [-0.15, -0.1) is 0 Å². The van der Waals surface area contributed by atoms with Crippen molar-refractivity contribution in [3.05, 3.63) is 107 Å². The third-order valence-electron chi connectivity index (χ3n) is 5.74. The molecule has 1 amide bonds. The second-order valence-electron chi connectivity index (χ2n) is 7.81. The Bertz CT molecular complexity index is 898. The maximum atomic E-state index is 13.7. The average Bonchev–Trinajstić information content (AvgIpc) is 2.81. The summed E-state index contributed by atoms with van der Waals surface area (Å²) in [7, 11) is 0. The summed E-state index contributed by atoms with van der Waals surface area (Å²) in [6.07, 6.45) is 3.47. The van der Waals surface area contributed by atoms with Crippen molar-refractivity contribution in [1.82, 2.24) is 10.2 Å². The Morgan fingerprint density at radius 2 is 1.27 bits per heavy atom. The Balaban J connectivity index is 1.66. The minimum atomic E-state index is -0.322. The average molecular weight is 419 g/mol. The van der Waals surface area contributed by atoms with E-state index in [4.69, 9.17) is 11.6 Å². The molecule has 30 heavy (non-hydrogen) atoms. The third kappa shape index (κ3) is 4.92. The zero-order chi connectivity index (χ0) is 20.8. The van der Waals surface area contributed by atoms with Gasteiger partial charge in [0.05, 0.1) is 6.04 Å². The van der Waals surface area contributed by atoms with Crippen LogP contribution in [-0.2, 0) is 4.79 Å². The van der Waals surface area contributed by atoms with Gasteiger partial charge in [-0.3, -0.25) is 9.69 Å². The number of carbonyl (C=O) groups excluding carboxylic acids is 1. The second kappa shape index (κ2) is 9.92. The molecule has 0 aliphatic carbocycles. The number of benzene rings is 3. The number of nitrogens with zero attached hydrogens (tertiary/aromatic N) is 1. The molecule has 0 spiro atoms. The molecule has 3 aromatic carbocycles. The van der Waals surface area contributed by atoms with Gasteiger partial charge >= 0.3 is 0 Å². The molecule has 0 aromatic heterocycles. The van der Waals surface area contributed by atoms with E-state index in [1.165, 1.54) is 6.42 Å². The SMILES string of the molecule is O=C(NC(c1ccccc1)c1ccccc1)C(c1ccc(Cl)cc1)N1CCCCC1. The van der Waals surface area contributed by atoms with Crippen LogP contribution in [0.25, 0.3) is 0 Å². The molecular formula is C26H27ClN2O. The molecular weight excluding hydrogens is 392 g/mol. The Kier molecular flexibility index (Phi) is 6.83. The van der Waals surface area contributed by atoms with Crippen molar-refractivity contribution < 1.29 is 4.79 Å². The van der Waals surface area contributed by atoms with Crippen molar-refractivity contribution in [2.24, 2.45) is 0 Å². The lowest BCUT2D eigenvalue weighted by Crippen LogP contribution is -2.44. The molecule has 3 aromatic rings. The van der Waals surface area contributed by atoms with Crippen LogP contribution in [0.2, 0.25) is 5.02 Å². The highest BCUT2D eigenvalue weighted by atomic mass is 35.5. The summed E-state index contributed by atoms with van der Waals surface area (Å²) in [6.45, 7) is 1.87. The number of halogens is 1. The molecule has 154 valence electrons. The van der Waals surface area contributed by atoms with Crippen LogP contribution in [0.4, 0.5) is 0 Å². The summed E-state index contributed by atoms with van der Waals surface area (Å²) in [4.78, 5) is 16.0. The normalized spacial score (nSPS) is 15.7. The first-order valence-corrected chi connectivity index (χ1v) is 11.0. The molecule has 1 fully saturated rings. The van der Waals surface area contributed by atoms with E-state index in [1.807, 2.05) is 60.7 Å². The van der Waals surface area contributed by atoms with E-state index in [-0.39, 0.29) is 18.0 Å². The first-order valence-electron chi connectivity index (χ1n) is 10.6. The summed E-state index contributed by atoms with van der Waals surface area (Å²) >= 11 is 6.11. The number of nitrogens with one attached hydrogen (secondary N) is 1. The second-order valence-corrected chi connectivity index (χ2v) is 8.25. The van der Waals surface area contributed by atoms with Gasteiger partial charge in [-0.05, 0) is 54.8 Å².